The Morgan fingerprint density at radius 2 is 1.92 bits per heavy atom. The van der Waals surface area contributed by atoms with Gasteiger partial charge in [0.2, 0.25) is 5.91 Å². The number of carbonyl (C=O) groups is 1. The maximum Gasteiger partial charge on any atom is 0.251 e. The van der Waals surface area contributed by atoms with Crippen LogP contribution in [0.4, 0.5) is 8.78 Å². The molecule has 25 heavy (non-hydrogen) atoms. The predicted octanol–water partition coefficient (Wildman–Crippen LogP) is 1.69. The Balaban J connectivity index is 1.35. The van der Waals surface area contributed by atoms with Crippen molar-refractivity contribution in [3.05, 3.63) is 11.6 Å². The summed E-state index contributed by atoms with van der Waals surface area (Å²) in [5, 5.41) is 8.54. The number of aromatic nitrogens is 3. The van der Waals surface area contributed by atoms with Crippen LogP contribution in [0.2, 0.25) is 0 Å². The summed E-state index contributed by atoms with van der Waals surface area (Å²) in [6, 6.07) is 0. The Morgan fingerprint density at radius 3 is 2.72 bits per heavy atom. The van der Waals surface area contributed by atoms with Crippen molar-refractivity contribution >= 4 is 5.91 Å². The van der Waals surface area contributed by atoms with E-state index in [0.717, 1.165) is 57.0 Å². The van der Waals surface area contributed by atoms with Crippen LogP contribution in [0.5, 0.6) is 0 Å². The first-order valence-electron chi connectivity index (χ1n) is 9.32. The SMILES string of the molecule is O=C(C1CCCN(Cc2nnc3n2CCC3)C1)N1CCC(F)(F)CC1. The van der Waals surface area contributed by atoms with Gasteiger partial charge in [0.05, 0.1) is 12.5 Å². The fourth-order valence-corrected chi connectivity index (χ4v) is 4.24. The van der Waals surface area contributed by atoms with Crippen LogP contribution in [0.1, 0.15) is 43.8 Å². The van der Waals surface area contributed by atoms with Gasteiger partial charge >= 0.3 is 0 Å². The first kappa shape index (κ1) is 16.9. The number of hydrogen-bond acceptors (Lipinski definition) is 4. The van der Waals surface area contributed by atoms with Crippen LogP contribution in [-0.4, -0.2) is 62.6 Å². The van der Waals surface area contributed by atoms with Gasteiger partial charge in [-0.3, -0.25) is 9.69 Å². The van der Waals surface area contributed by atoms with E-state index in [0.29, 0.717) is 6.54 Å². The second-order valence-electron chi connectivity index (χ2n) is 7.54. The van der Waals surface area contributed by atoms with Crippen LogP contribution >= 0.6 is 0 Å². The molecule has 138 valence electrons. The normalized spacial score (nSPS) is 26.6. The zero-order valence-corrected chi connectivity index (χ0v) is 14.5. The number of amides is 1. The zero-order chi connectivity index (χ0) is 17.4. The number of alkyl halides is 2. The zero-order valence-electron chi connectivity index (χ0n) is 14.5. The lowest BCUT2D eigenvalue weighted by molar-refractivity contribution is -0.143. The van der Waals surface area contributed by atoms with Crippen LogP contribution in [0.15, 0.2) is 0 Å². The van der Waals surface area contributed by atoms with Crippen LogP contribution in [-0.2, 0) is 24.3 Å². The van der Waals surface area contributed by atoms with Gasteiger partial charge in [0.15, 0.2) is 0 Å². The minimum atomic E-state index is -2.61. The second-order valence-corrected chi connectivity index (χ2v) is 7.54. The monoisotopic (exact) mass is 353 g/mol. The first-order valence-corrected chi connectivity index (χ1v) is 9.32. The highest BCUT2D eigenvalue weighted by atomic mass is 19.3. The van der Waals surface area contributed by atoms with Gasteiger partial charge in [-0.1, -0.05) is 0 Å². The Morgan fingerprint density at radius 1 is 1.12 bits per heavy atom. The van der Waals surface area contributed by atoms with Gasteiger partial charge in [0.25, 0.3) is 5.92 Å². The first-order chi connectivity index (χ1) is 12.0. The van der Waals surface area contributed by atoms with E-state index in [1.807, 2.05) is 0 Å². The van der Waals surface area contributed by atoms with E-state index in [1.165, 1.54) is 0 Å². The summed E-state index contributed by atoms with van der Waals surface area (Å²) in [5.41, 5.74) is 0. The van der Waals surface area contributed by atoms with Crippen molar-refractivity contribution in [3.8, 4) is 0 Å². The van der Waals surface area contributed by atoms with Crippen LogP contribution < -0.4 is 0 Å². The van der Waals surface area contributed by atoms with Crippen LogP contribution in [0, 0.1) is 5.92 Å². The van der Waals surface area contributed by atoms with Gasteiger partial charge < -0.3 is 9.47 Å². The van der Waals surface area contributed by atoms with Crippen LogP contribution in [0.3, 0.4) is 0 Å². The number of piperidine rings is 2. The highest BCUT2D eigenvalue weighted by Gasteiger charge is 2.38. The lowest BCUT2D eigenvalue weighted by Gasteiger charge is -2.37. The number of likely N-dealkylation sites (tertiary alicyclic amines) is 2. The summed E-state index contributed by atoms with van der Waals surface area (Å²) < 4.78 is 28.8. The fourth-order valence-electron chi connectivity index (χ4n) is 4.24. The molecule has 2 saturated heterocycles. The largest absolute Gasteiger partial charge is 0.342 e. The van der Waals surface area contributed by atoms with Gasteiger partial charge in [-0.25, -0.2) is 8.78 Å². The number of hydrogen-bond donors (Lipinski definition) is 0. The van der Waals surface area contributed by atoms with Crippen LogP contribution in [0.25, 0.3) is 0 Å². The smallest absolute Gasteiger partial charge is 0.251 e. The van der Waals surface area contributed by atoms with Crippen molar-refractivity contribution in [2.45, 2.75) is 57.5 Å². The highest BCUT2D eigenvalue weighted by molar-refractivity contribution is 5.79. The Labute approximate surface area is 146 Å². The third-order valence-electron chi connectivity index (χ3n) is 5.71. The molecule has 6 nitrogen and oxygen atoms in total. The van der Waals surface area contributed by atoms with E-state index >= 15 is 0 Å². The number of fused-ring (bicyclic) bond motifs is 1. The third-order valence-corrected chi connectivity index (χ3v) is 5.71. The minimum absolute atomic E-state index is 0.0478. The molecule has 1 atom stereocenters. The molecule has 4 heterocycles. The molecule has 1 aromatic heterocycles. The van der Waals surface area contributed by atoms with Crippen molar-refractivity contribution in [2.24, 2.45) is 5.92 Å². The Bertz CT molecular complexity index is 637. The maximum atomic E-state index is 13.3. The molecule has 0 saturated carbocycles. The molecule has 2 fully saturated rings. The standard InChI is InChI=1S/C17H25F2N5O/c18-17(19)5-9-23(10-6-17)16(25)13-3-1-7-22(11-13)12-15-21-20-14-4-2-8-24(14)15/h13H,1-12H2. The number of nitrogens with zero attached hydrogens (tertiary/aromatic N) is 5. The van der Waals surface area contributed by atoms with Gasteiger partial charge in [-0.15, -0.1) is 10.2 Å². The topological polar surface area (TPSA) is 54.3 Å². The van der Waals surface area contributed by atoms with Gasteiger partial charge in [0, 0.05) is 45.4 Å². The number of halogens is 2. The fraction of sp³-hybridized carbons (Fsp3) is 0.824. The molecule has 0 bridgehead atoms. The molecule has 0 radical (unpaired) electrons. The lowest BCUT2D eigenvalue weighted by Crippen LogP contribution is -2.49. The van der Waals surface area contributed by atoms with Crippen molar-refractivity contribution < 1.29 is 13.6 Å². The molecule has 3 aliphatic heterocycles. The minimum Gasteiger partial charge on any atom is -0.342 e. The molecule has 1 unspecified atom stereocenters. The summed E-state index contributed by atoms with van der Waals surface area (Å²) in [5.74, 6) is -0.594. The van der Waals surface area contributed by atoms with E-state index < -0.39 is 5.92 Å². The van der Waals surface area contributed by atoms with E-state index in [1.54, 1.807) is 4.90 Å². The molecule has 8 heteroatoms. The molecule has 3 aliphatic rings. The molecule has 1 aromatic rings. The van der Waals surface area contributed by atoms with Crippen molar-refractivity contribution in [2.75, 3.05) is 26.2 Å². The average molecular weight is 353 g/mol. The number of aryl methyl sites for hydroxylation is 1. The summed E-state index contributed by atoms with van der Waals surface area (Å²) >= 11 is 0. The highest BCUT2D eigenvalue weighted by Crippen LogP contribution is 2.29. The average Bonchev–Trinajstić information content (AvgIpc) is 3.20. The van der Waals surface area contributed by atoms with Gasteiger partial charge in [-0.2, -0.15) is 0 Å². The van der Waals surface area contributed by atoms with E-state index in [2.05, 4.69) is 19.7 Å². The predicted molar refractivity (Wildman–Crippen MR) is 87.1 cm³/mol. The lowest BCUT2D eigenvalue weighted by atomic mass is 9.95. The molecule has 0 spiro atoms. The molecule has 1 amide bonds. The van der Waals surface area contributed by atoms with Gasteiger partial charge in [-0.05, 0) is 25.8 Å². The molecule has 0 aromatic carbocycles. The van der Waals surface area contributed by atoms with Gasteiger partial charge in [0.1, 0.15) is 11.6 Å². The van der Waals surface area contributed by atoms with Crippen molar-refractivity contribution in [1.82, 2.24) is 24.6 Å². The molecule has 0 aliphatic carbocycles. The summed E-state index contributed by atoms with van der Waals surface area (Å²) in [4.78, 5) is 16.6. The number of rotatable bonds is 3. The van der Waals surface area contributed by atoms with Crippen molar-refractivity contribution in [1.29, 1.82) is 0 Å². The molecular formula is C17H25F2N5O. The second kappa shape index (κ2) is 6.63. The summed E-state index contributed by atoms with van der Waals surface area (Å²) in [6.07, 6.45) is 3.51. The Kier molecular flexibility index (Phi) is 4.47. The van der Waals surface area contributed by atoms with E-state index in [-0.39, 0.29) is 37.8 Å². The molecule has 4 rings (SSSR count). The maximum absolute atomic E-state index is 13.3. The number of carbonyl (C=O) groups excluding carboxylic acids is 1. The van der Waals surface area contributed by atoms with Crippen molar-refractivity contribution in [3.63, 3.8) is 0 Å². The summed E-state index contributed by atoms with van der Waals surface area (Å²) in [7, 11) is 0. The van der Waals surface area contributed by atoms with E-state index in [4.69, 9.17) is 0 Å². The summed E-state index contributed by atoms with van der Waals surface area (Å²) in [6.45, 7) is 3.70. The molecule has 0 N–H and O–H groups in total. The third kappa shape index (κ3) is 3.54. The Hall–Kier alpha value is -1.57. The van der Waals surface area contributed by atoms with E-state index in [9.17, 15) is 13.6 Å². The quantitative estimate of drug-likeness (QED) is 0.830. The molecular weight excluding hydrogens is 328 g/mol.